The van der Waals surface area contributed by atoms with Gasteiger partial charge < -0.3 is 14.2 Å². The Balaban J connectivity index is 1.52. The second-order valence-corrected chi connectivity index (χ2v) is 6.94. The minimum absolute atomic E-state index is 0.0455. The third-order valence-electron chi connectivity index (χ3n) is 4.73. The second kappa shape index (κ2) is 6.53. The van der Waals surface area contributed by atoms with Crippen molar-refractivity contribution in [1.82, 2.24) is 9.88 Å². The molecule has 0 spiro atoms. The summed E-state index contributed by atoms with van der Waals surface area (Å²) in [7, 11) is 0. The van der Waals surface area contributed by atoms with E-state index in [4.69, 9.17) is 16.0 Å². The van der Waals surface area contributed by atoms with Crippen LogP contribution in [-0.4, -0.2) is 41.5 Å². The van der Waals surface area contributed by atoms with Crippen LogP contribution in [-0.2, 0) is 0 Å². The summed E-state index contributed by atoms with van der Waals surface area (Å²) in [6.45, 7) is 4.11. The van der Waals surface area contributed by atoms with Crippen molar-refractivity contribution in [2.45, 2.75) is 13.0 Å². The van der Waals surface area contributed by atoms with E-state index in [1.165, 1.54) is 0 Å². The quantitative estimate of drug-likeness (QED) is 0.751. The summed E-state index contributed by atoms with van der Waals surface area (Å²) >= 11 is 6.08. The van der Waals surface area contributed by atoms with E-state index >= 15 is 0 Å². The molecule has 1 atom stereocenters. The highest BCUT2D eigenvalue weighted by Gasteiger charge is 2.28. The van der Waals surface area contributed by atoms with Crippen molar-refractivity contribution in [1.29, 1.82) is 0 Å². The number of rotatable bonds is 2. The molecule has 7 heteroatoms. The van der Waals surface area contributed by atoms with Gasteiger partial charge in [0.25, 0.3) is 5.91 Å². The molecule has 0 radical (unpaired) electrons. The van der Waals surface area contributed by atoms with Gasteiger partial charge >= 0.3 is 5.76 Å². The van der Waals surface area contributed by atoms with Crippen LogP contribution in [0.25, 0.3) is 11.1 Å². The maximum Gasteiger partial charge on any atom is 0.417 e. The molecule has 1 N–H and O–H groups in total. The van der Waals surface area contributed by atoms with Crippen LogP contribution in [0.2, 0.25) is 5.02 Å². The first-order chi connectivity index (χ1) is 12.5. The summed E-state index contributed by atoms with van der Waals surface area (Å²) in [5.74, 6) is -0.581. The highest BCUT2D eigenvalue weighted by Crippen LogP contribution is 2.24. The number of oxazole rings is 1. The number of aromatic nitrogens is 1. The van der Waals surface area contributed by atoms with Gasteiger partial charge in [0.15, 0.2) is 5.58 Å². The molecule has 1 unspecified atom stereocenters. The summed E-state index contributed by atoms with van der Waals surface area (Å²) < 4.78 is 5.06. The largest absolute Gasteiger partial charge is 0.417 e. The first kappa shape index (κ1) is 16.7. The molecule has 2 heterocycles. The molecule has 1 fully saturated rings. The minimum Gasteiger partial charge on any atom is -0.408 e. The van der Waals surface area contributed by atoms with Gasteiger partial charge in [-0.3, -0.25) is 9.78 Å². The van der Waals surface area contributed by atoms with Gasteiger partial charge in [0, 0.05) is 41.9 Å². The van der Waals surface area contributed by atoms with Crippen LogP contribution >= 0.6 is 11.6 Å². The molecule has 1 aromatic heterocycles. The van der Waals surface area contributed by atoms with E-state index in [1.807, 2.05) is 36.1 Å². The number of amides is 1. The van der Waals surface area contributed by atoms with E-state index in [0.717, 1.165) is 18.8 Å². The van der Waals surface area contributed by atoms with Gasteiger partial charge in [0.1, 0.15) is 0 Å². The summed E-state index contributed by atoms with van der Waals surface area (Å²) in [4.78, 5) is 30.9. The lowest BCUT2D eigenvalue weighted by atomic mass is 10.1. The summed E-state index contributed by atoms with van der Waals surface area (Å²) in [6.07, 6.45) is 0. The number of fused-ring (bicyclic) bond motifs is 1. The molecule has 0 aliphatic carbocycles. The van der Waals surface area contributed by atoms with E-state index < -0.39 is 5.76 Å². The summed E-state index contributed by atoms with van der Waals surface area (Å²) in [5, 5.41) is 0.704. The van der Waals surface area contributed by atoms with E-state index in [-0.39, 0.29) is 11.9 Å². The molecule has 134 valence electrons. The zero-order valence-corrected chi connectivity index (χ0v) is 15.0. The van der Waals surface area contributed by atoms with Crippen molar-refractivity contribution in [3.63, 3.8) is 0 Å². The number of H-pyrrole nitrogens is 1. The van der Waals surface area contributed by atoms with Crippen molar-refractivity contribution in [3.8, 4) is 0 Å². The molecule has 2 aromatic carbocycles. The second-order valence-electron chi connectivity index (χ2n) is 6.50. The van der Waals surface area contributed by atoms with Crippen molar-refractivity contribution in [2.24, 2.45) is 0 Å². The summed E-state index contributed by atoms with van der Waals surface area (Å²) in [5.41, 5.74) is 2.56. The number of halogens is 1. The van der Waals surface area contributed by atoms with E-state index in [9.17, 15) is 9.59 Å². The predicted molar refractivity (Wildman–Crippen MR) is 101 cm³/mol. The lowest BCUT2D eigenvalue weighted by Crippen LogP contribution is -2.54. The first-order valence-electron chi connectivity index (χ1n) is 8.45. The lowest BCUT2D eigenvalue weighted by molar-refractivity contribution is 0.0674. The fourth-order valence-electron chi connectivity index (χ4n) is 3.41. The van der Waals surface area contributed by atoms with Gasteiger partial charge in [-0.05, 0) is 43.3 Å². The van der Waals surface area contributed by atoms with Crippen LogP contribution in [0.5, 0.6) is 0 Å². The Morgan fingerprint density at radius 1 is 1.23 bits per heavy atom. The normalized spacial score (nSPS) is 17.7. The number of carbonyl (C=O) groups is 1. The molecule has 0 saturated carbocycles. The number of hydrogen-bond donors (Lipinski definition) is 1. The number of nitrogens with zero attached hydrogens (tertiary/aromatic N) is 2. The van der Waals surface area contributed by atoms with Crippen LogP contribution in [0.3, 0.4) is 0 Å². The molecule has 3 aromatic rings. The van der Waals surface area contributed by atoms with Crippen LogP contribution in [0.4, 0.5) is 5.69 Å². The smallest absolute Gasteiger partial charge is 0.408 e. The predicted octanol–water partition coefficient (Wildman–Crippen LogP) is 3.13. The molecule has 0 bridgehead atoms. The van der Waals surface area contributed by atoms with Gasteiger partial charge in [-0.25, -0.2) is 4.79 Å². The molecular formula is C19H18ClN3O3. The Hall–Kier alpha value is -2.73. The maximum atomic E-state index is 12.9. The highest BCUT2D eigenvalue weighted by molar-refractivity contribution is 6.30. The average molecular weight is 372 g/mol. The average Bonchev–Trinajstić information content (AvgIpc) is 3.00. The van der Waals surface area contributed by atoms with Crippen molar-refractivity contribution in [2.75, 3.05) is 24.5 Å². The first-order valence-corrected chi connectivity index (χ1v) is 8.83. The van der Waals surface area contributed by atoms with E-state index in [0.29, 0.717) is 28.2 Å². The van der Waals surface area contributed by atoms with Crippen molar-refractivity contribution in [3.05, 3.63) is 63.6 Å². The fourth-order valence-corrected chi connectivity index (χ4v) is 3.60. The SMILES string of the molecule is CC1CN(c2cccc(Cl)c2)CCN1C(=O)c1ccc2[nH]c(=O)oc2c1. The molecule has 1 amide bonds. The van der Waals surface area contributed by atoms with E-state index in [2.05, 4.69) is 9.88 Å². The number of nitrogens with one attached hydrogen (secondary N) is 1. The van der Waals surface area contributed by atoms with Crippen molar-refractivity contribution >= 4 is 34.3 Å². The topological polar surface area (TPSA) is 69.6 Å². The standard InChI is InChI=1S/C19H18ClN3O3/c1-12-11-22(15-4-2-3-14(20)10-15)7-8-23(12)18(24)13-5-6-16-17(9-13)26-19(25)21-16/h2-6,9-10,12H,7-8,11H2,1H3,(H,21,25). The Morgan fingerprint density at radius 2 is 2.08 bits per heavy atom. The van der Waals surface area contributed by atoms with E-state index in [1.54, 1.807) is 18.2 Å². The van der Waals surface area contributed by atoms with Gasteiger partial charge in [-0.2, -0.15) is 0 Å². The third-order valence-corrected chi connectivity index (χ3v) is 4.96. The highest BCUT2D eigenvalue weighted by atomic mass is 35.5. The Kier molecular flexibility index (Phi) is 4.20. The molecule has 4 rings (SSSR count). The molecule has 1 aliphatic rings. The van der Waals surface area contributed by atoms with Gasteiger partial charge in [-0.15, -0.1) is 0 Å². The Morgan fingerprint density at radius 3 is 2.85 bits per heavy atom. The third kappa shape index (κ3) is 3.08. The molecule has 1 aliphatic heterocycles. The Bertz CT molecular complexity index is 1030. The lowest BCUT2D eigenvalue weighted by Gasteiger charge is -2.41. The fraction of sp³-hybridized carbons (Fsp3) is 0.263. The van der Waals surface area contributed by atoms with Crippen LogP contribution in [0.15, 0.2) is 51.7 Å². The van der Waals surface area contributed by atoms with Crippen LogP contribution in [0, 0.1) is 0 Å². The molecule has 26 heavy (non-hydrogen) atoms. The monoisotopic (exact) mass is 371 g/mol. The number of hydrogen-bond acceptors (Lipinski definition) is 4. The Labute approximate surface area is 155 Å². The molecular weight excluding hydrogens is 354 g/mol. The zero-order chi connectivity index (χ0) is 18.3. The maximum absolute atomic E-state index is 12.9. The number of benzene rings is 2. The van der Waals surface area contributed by atoms with Crippen LogP contribution in [0.1, 0.15) is 17.3 Å². The summed E-state index contributed by atoms with van der Waals surface area (Å²) in [6, 6.07) is 12.8. The minimum atomic E-state index is -0.520. The molecule has 1 saturated heterocycles. The molecule has 6 nitrogen and oxygen atoms in total. The van der Waals surface area contributed by atoms with Gasteiger partial charge in [0.05, 0.1) is 5.52 Å². The number of carbonyl (C=O) groups excluding carboxylic acids is 1. The van der Waals surface area contributed by atoms with Gasteiger partial charge in [-0.1, -0.05) is 17.7 Å². The zero-order valence-electron chi connectivity index (χ0n) is 14.2. The van der Waals surface area contributed by atoms with Crippen molar-refractivity contribution < 1.29 is 9.21 Å². The van der Waals surface area contributed by atoms with Crippen LogP contribution < -0.4 is 10.7 Å². The van der Waals surface area contributed by atoms with Gasteiger partial charge in [0.2, 0.25) is 0 Å². The number of anilines is 1. The number of aromatic amines is 1. The number of piperazine rings is 1.